The van der Waals surface area contributed by atoms with E-state index in [1.807, 2.05) is 6.92 Å². The minimum absolute atomic E-state index is 0.0435. The van der Waals surface area contributed by atoms with Crippen molar-refractivity contribution < 1.29 is 8.42 Å². The molecule has 0 aromatic heterocycles. The molecule has 0 amide bonds. The Morgan fingerprint density at radius 2 is 2.31 bits per heavy atom. The fourth-order valence-corrected chi connectivity index (χ4v) is 3.16. The van der Waals surface area contributed by atoms with Crippen LogP contribution in [0.15, 0.2) is 11.6 Å². The summed E-state index contributed by atoms with van der Waals surface area (Å²) in [6.45, 7) is 3.07. The Hall–Kier alpha value is -0.0600. The van der Waals surface area contributed by atoms with Gasteiger partial charge in [-0.1, -0.05) is 11.6 Å². The lowest BCUT2D eigenvalue weighted by atomic mass is 10.2. The molecule has 0 radical (unpaired) electrons. The molecule has 0 saturated heterocycles. The number of hydrogen-bond acceptors (Lipinski definition) is 2. The average molecular weight is 224 g/mol. The number of rotatable bonds is 3. The SMILES string of the molecule is CC1=CCCN(S(=O)(=O)CCCl)C1. The van der Waals surface area contributed by atoms with Gasteiger partial charge in [0, 0.05) is 19.0 Å². The van der Waals surface area contributed by atoms with Crippen LogP contribution in [0.2, 0.25) is 0 Å². The maximum Gasteiger partial charge on any atom is 0.215 e. The lowest BCUT2D eigenvalue weighted by molar-refractivity contribution is 0.429. The first-order valence-electron chi connectivity index (χ1n) is 4.25. The van der Waals surface area contributed by atoms with Crippen molar-refractivity contribution >= 4 is 21.6 Å². The molecular formula is C8H14ClNO2S. The van der Waals surface area contributed by atoms with Crippen molar-refractivity contribution in [1.82, 2.24) is 4.31 Å². The van der Waals surface area contributed by atoms with E-state index in [1.165, 1.54) is 4.31 Å². The third-order valence-electron chi connectivity index (χ3n) is 2.03. The zero-order valence-corrected chi connectivity index (χ0v) is 9.24. The topological polar surface area (TPSA) is 37.4 Å². The van der Waals surface area contributed by atoms with E-state index < -0.39 is 10.0 Å². The summed E-state index contributed by atoms with van der Waals surface area (Å²) >= 11 is 5.42. The van der Waals surface area contributed by atoms with Crippen molar-refractivity contribution in [3.05, 3.63) is 11.6 Å². The normalized spacial score (nSPS) is 20.0. The summed E-state index contributed by atoms with van der Waals surface area (Å²) in [5, 5.41) is 0. The van der Waals surface area contributed by atoms with Gasteiger partial charge < -0.3 is 0 Å². The van der Waals surface area contributed by atoms with E-state index in [9.17, 15) is 8.42 Å². The molecule has 0 unspecified atom stereocenters. The standard InChI is InChI=1S/C8H14ClNO2S/c1-8-3-2-5-10(7-8)13(11,12)6-4-9/h3H,2,4-7H2,1H3. The van der Waals surface area contributed by atoms with Crippen LogP contribution in [0, 0.1) is 0 Å². The Balaban J connectivity index is 2.68. The smallest absolute Gasteiger partial charge is 0.212 e. The van der Waals surface area contributed by atoms with Crippen LogP contribution in [0.5, 0.6) is 0 Å². The molecule has 1 aliphatic rings. The van der Waals surface area contributed by atoms with E-state index in [0.717, 1.165) is 12.0 Å². The lowest BCUT2D eigenvalue weighted by Crippen LogP contribution is -2.37. The zero-order valence-electron chi connectivity index (χ0n) is 7.66. The summed E-state index contributed by atoms with van der Waals surface area (Å²) in [7, 11) is -3.11. The van der Waals surface area contributed by atoms with E-state index in [4.69, 9.17) is 11.6 Å². The van der Waals surface area contributed by atoms with Crippen LogP contribution in [-0.2, 0) is 10.0 Å². The first kappa shape index (κ1) is 11.0. The highest BCUT2D eigenvalue weighted by atomic mass is 35.5. The van der Waals surface area contributed by atoms with Gasteiger partial charge in [0.1, 0.15) is 0 Å². The van der Waals surface area contributed by atoms with Gasteiger partial charge in [-0.15, -0.1) is 11.6 Å². The molecule has 0 atom stereocenters. The van der Waals surface area contributed by atoms with Crippen molar-refractivity contribution in [3.8, 4) is 0 Å². The molecule has 0 bridgehead atoms. The highest BCUT2D eigenvalue weighted by molar-refractivity contribution is 7.89. The summed E-state index contributed by atoms with van der Waals surface area (Å²) in [5.41, 5.74) is 1.12. The molecule has 1 aliphatic heterocycles. The van der Waals surface area contributed by atoms with Crippen molar-refractivity contribution in [3.63, 3.8) is 0 Å². The average Bonchev–Trinajstić information content (AvgIpc) is 2.04. The van der Waals surface area contributed by atoms with Crippen LogP contribution < -0.4 is 0 Å². The summed E-state index contributed by atoms with van der Waals surface area (Å²) < 4.78 is 24.6. The van der Waals surface area contributed by atoms with Gasteiger partial charge in [-0.3, -0.25) is 0 Å². The quantitative estimate of drug-likeness (QED) is 0.533. The number of sulfonamides is 1. The van der Waals surface area contributed by atoms with Gasteiger partial charge >= 0.3 is 0 Å². The second kappa shape index (κ2) is 4.44. The van der Waals surface area contributed by atoms with E-state index in [2.05, 4.69) is 6.08 Å². The second-order valence-corrected chi connectivity index (χ2v) is 5.64. The third-order valence-corrected chi connectivity index (χ3v) is 4.26. The van der Waals surface area contributed by atoms with Gasteiger partial charge in [-0.2, -0.15) is 4.31 Å². The van der Waals surface area contributed by atoms with E-state index >= 15 is 0 Å². The number of hydrogen-bond donors (Lipinski definition) is 0. The first-order chi connectivity index (χ1) is 6.06. The molecular weight excluding hydrogens is 210 g/mol. The van der Waals surface area contributed by atoms with Gasteiger partial charge in [-0.05, 0) is 13.3 Å². The van der Waals surface area contributed by atoms with Gasteiger partial charge in [0.25, 0.3) is 0 Å². The predicted octanol–water partition coefficient (Wildman–Crippen LogP) is 1.21. The predicted molar refractivity (Wildman–Crippen MR) is 54.5 cm³/mol. The minimum Gasteiger partial charge on any atom is -0.212 e. The number of nitrogens with zero attached hydrogens (tertiary/aromatic N) is 1. The summed E-state index contributed by atoms with van der Waals surface area (Å²) in [6.07, 6.45) is 2.89. The zero-order chi connectivity index (χ0) is 9.90. The molecule has 0 saturated carbocycles. The Morgan fingerprint density at radius 1 is 1.62 bits per heavy atom. The molecule has 0 N–H and O–H groups in total. The molecule has 0 aromatic rings. The van der Waals surface area contributed by atoms with Crippen LogP contribution in [-0.4, -0.2) is 37.4 Å². The number of alkyl halides is 1. The van der Waals surface area contributed by atoms with Crippen molar-refractivity contribution in [2.45, 2.75) is 13.3 Å². The van der Waals surface area contributed by atoms with Crippen LogP contribution in [0.3, 0.4) is 0 Å². The lowest BCUT2D eigenvalue weighted by Gasteiger charge is -2.24. The highest BCUT2D eigenvalue weighted by Gasteiger charge is 2.22. The molecule has 1 heterocycles. The Kier molecular flexibility index (Phi) is 3.76. The molecule has 0 spiro atoms. The molecule has 5 heteroatoms. The largest absolute Gasteiger partial charge is 0.215 e. The summed E-state index contributed by atoms with van der Waals surface area (Å²) in [5.74, 6) is 0.212. The summed E-state index contributed by atoms with van der Waals surface area (Å²) in [6, 6.07) is 0. The molecule has 0 aliphatic carbocycles. The van der Waals surface area contributed by atoms with Gasteiger partial charge in [0.05, 0.1) is 5.75 Å². The van der Waals surface area contributed by atoms with E-state index in [-0.39, 0.29) is 11.6 Å². The Labute approximate surface area is 84.4 Å². The first-order valence-corrected chi connectivity index (χ1v) is 6.40. The minimum atomic E-state index is -3.11. The van der Waals surface area contributed by atoms with Crippen molar-refractivity contribution in [2.75, 3.05) is 24.7 Å². The maximum absolute atomic E-state index is 11.5. The number of halogens is 1. The van der Waals surface area contributed by atoms with Crippen LogP contribution in [0.4, 0.5) is 0 Å². The fourth-order valence-electron chi connectivity index (χ4n) is 1.34. The monoisotopic (exact) mass is 223 g/mol. The third kappa shape index (κ3) is 2.97. The maximum atomic E-state index is 11.5. The molecule has 13 heavy (non-hydrogen) atoms. The van der Waals surface area contributed by atoms with Crippen LogP contribution in [0.25, 0.3) is 0 Å². The Morgan fingerprint density at radius 3 is 2.85 bits per heavy atom. The van der Waals surface area contributed by atoms with E-state index in [0.29, 0.717) is 13.1 Å². The van der Waals surface area contributed by atoms with Crippen molar-refractivity contribution in [1.29, 1.82) is 0 Å². The molecule has 76 valence electrons. The molecule has 1 rings (SSSR count). The van der Waals surface area contributed by atoms with Gasteiger partial charge in [0.2, 0.25) is 10.0 Å². The molecule has 0 aromatic carbocycles. The second-order valence-electron chi connectivity index (χ2n) is 3.18. The van der Waals surface area contributed by atoms with Crippen LogP contribution >= 0.6 is 11.6 Å². The Bertz CT molecular complexity index is 297. The van der Waals surface area contributed by atoms with Crippen LogP contribution in [0.1, 0.15) is 13.3 Å². The van der Waals surface area contributed by atoms with Gasteiger partial charge in [0.15, 0.2) is 0 Å². The van der Waals surface area contributed by atoms with Gasteiger partial charge in [-0.25, -0.2) is 8.42 Å². The molecule has 3 nitrogen and oxygen atoms in total. The molecule has 0 fully saturated rings. The fraction of sp³-hybridized carbons (Fsp3) is 0.750. The summed E-state index contributed by atoms with van der Waals surface area (Å²) in [4.78, 5) is 0. The van der Waals surface area contributed by atoms with E-state index in [1.54, 1.807) is 0 Å². The van der Waals surface area contributed by atoms with Crippen molar-refractivity contribution in [2.24, 2.45) is 0 Å². The highest BCUT2D eigenvalue weighted by Crippen LogP contribution is 2.13.